The van der Waals surface area contributed by atoms with Gasteiger partial charge in [-0.15, -0.1) is 0 Å². The van der Waals surface area contributed by atoms with Crippen molar-refractivity contribution in [3.63, 3.8) is 0 Å². The predicted octanol–water partition coefficient (Wildman–Crippen LogP) is 3.27. The first-order chi connectivity index (χ1) is 7.69. The molecule has 0 bridgehead atoms. The summed E-state index contributed by atoms with van der Waals surface area (Å²) in [7, 11) is 1.62. The first-order valence-electron chi connectivity index (χ1n) is 4.83. The fourth-order valence-corrected chi connectivity index (χ4v) is 1.31. The number of para-hydroxylation sites is 2. The topological polar surface area (TPSA) is 33.3 Å². The number of rotatable bonds is 5. The van der Waals surface area contributed by atoms with Gasteiger partial charge >= 0.3 is 0 Å². The lowest BCUT2D eigenvalue weighted by Gasteiger charge is -2.14. The Morgan fingerprint density at radius 1 is 1.44 bits per heavy atom. The van der Waals surface area contributed by atoms with Crippen molar-refractivity contribution in [2.75, 3.05) is 12.4 Å². The molecule has 0 saturated carbocycles. The fraction of sp³-hybridized carbons (Fsp3) is 0.167. The molecule has 0 aromatic heterocycles. The van der Waals surface area contributed by atoms with Crippen LogP contribution in [0.5, 0.6) is 5.75 Å². The van der Waals surface area contributed by atoms with Gasteiger partial charge in [-0.3, -0.25) is 0 Å². The third-order valence-electron chi connectivity index (χ3n) is 1.96. The molecule has 1 aromatic rings. The first kappa shape index (κ1) is 12.5. The second-order valence-electron chi connectivity index (χ2n) is 3.08. The predicted molar refractivity (Wildman–Crippen MR) is 68.5 cm³/mol. The van der Waals surface area contributed by atoms with E-state index < -0.39 is 0 Å². The van der Waals surface area contributed by atoms with Crippen molar-refractivity contribution in [3.8, 4) is 5.75 Å². The maximum Gasteiger partial charge on any atom is 0.142 e. The van der Waals surface area contributed by atoms with Crippen molar-refractivity contribution in [2.45, 2.75) is 6.92 Å². The van der Waals surface area contributed by atoms with Gasteiger partial charge in [-0.05, 0) is 25.3 Å². The highest BCUT2D eigenvalue weighted by Crippen LogP contribution is 2.25. The van der Waals surface area contributed by atoms with Crippen LogP contribution in [0.25, 0.3) is 0 Å². The van der Waals surface area contributed by atoms with Crippen LogP contribution in [-0.2, 0) is 0 Å². The normalized spacial score (nSPS) is 11.4. The Labute approximate surface area is 101 Å². The molecule has 1 rings (SSSR count). The molecule has 0 aliphatic carbocycles. The molecule has 0 atom stereocenters. The van der Waals surface area contributed by atoms with Crippen molar-refractivity contribution in [2.24, 2.45) is 0 Å². The smallest absolute Gasteiger partial charge is 0.142 e. The minimum absolute atomic E-state index is 0.616. The summed E-state index contributed by atoms with van der Waals surface area (Å²) in [5, 5.41) is 6.68. The summed E-state index contributed by atoms with van der Waals surface area (Å²) in [5.41, 5.74) is 0.842. The van der Waals surface area contributed by atoms with Crippen LogP contribution in [0.15, 0.2) is 47.9 Å². The van der Waals surface area contributed by atoms with Gasteiger partial charge in [-0.2, -0.15) is 0 Å². The SMILES string of the molecule is C=CN/C(Nc1ccccc1OC)=C(/C)Cl. The number of halogens is 1. The van der Waals surface area contributed by atoms with E-state index in [2.05, 4.69) is 17.2 Å². The summed E-state index contributed by atoms with van der Waals surface area (Å²) in [6.45, 7) is 5.38. The number of ether oxygens (including phenoxy) is 1. The lowest BCUT2D eigenvalue weighted by Crippen LogP contribution is -2.15. The van der Waals surface area contributed by atoms with Gasteiger partial charge in [0.1, 0.15) is 11.6 Å². The molecule has 86 valence electrons. The van der Waals surface area contributed by atoms with Gasteiger partial charge < -0.3 is 15.4 Å². The molecule has 1 aromatic carbocycles. The number of hydrogen-bond acceptors (Lipinski definition) is 3. The number of anilines is 1. The average Bonchev–Trinajstić information content (AvgIpc) is 2.29. The Morgan fingerprint density at radius 3 is 2.69 bits per heavy atom. The number of nitrogens with one attached hydrogen (secondary N) is 2. The first-order valence-corrected chi connectivity index (χ1v) is 5.20. The third-order valence-corrected chi connectivity index (χ3v) is 2.15. The molecule has 0 radical (unpaired) electrons. The van der Waals surface area contributed by atoms with Crippen LogP contribution in [0.2, 0.25) is 0 Å². The van der Waals surface area contributed by atoms with E-state index in [9.17, 15) is 0 Å². The zero-order valence-corrected chi connectivity index (χ0v) is 10.1. The molecule has 0 aliphatic rings. The quantitative estimate of drug-likeness (QED) is 0.826. The fourth-order valence-electron chi connectivity index (χ4n) is 1.21. The summed E-state index contributed by atoms with van der Waals surface area (Å²) in [4.78, 5) is 0. The van der Waals surface area contributed by atoms with Gasteiger partial charge in [0.2, 0.25) is 0 Å². The summed E-state index contributed by atoms with van der Waals surface area (Å²) in [6, 6.07) is 7.60. The van der Waals surface area contributed by atoms with E-state index in [0.717, 1.165) is 11.4 Å². The lowest BCUT2D eigenvalue weighted by molar-refractivity contribution is 0.416. The highest BCUT2D eigenvalue weighted by Gasteiger charge is 2.04. The van der Waals surface area contributed by atoms with Crippen molar-refractivity contribution in [1.82, 2.24) is 5.32 Å². The molecular formula is C12H15ClN2O. The zero-order valence-electron chi connectivity index (χ0n) is 9.38. The maximum absolute atomic E-state index is 5.93. The van der Waals surface area contributed by atoms with E-state index in [1.807, 2.05) is 24.3 Å². The molecule has 3 nitrogen and oxygen atoms in total. The highest BCUT2D eigenvalue weighted by atomic mass is 35.5. The monoisotopic (exact) mass is 238 g/mol. The van der Waals surface area contributed by atoms with Crippen LogP contribution >= 0.6 is 11.6 Å². The van der Waals surface area contributed by atoms with Gasteiger partial charge in [-0.25, -0.2) is 0 Å². The molecule has 0 unspecified atom stereocenters. The Bertz CT molecular complexity index is 398. The van der Waals surface area contributed by atoms with Crippen LogP contribution in [0.1, 0.15) is 6.92 Å². The molecule has 2 N–H and O–H groups in total. The van der Waals surface area contributed by atoms with Crippen molar-refractivity contribution < 1.29 is 4.74 Å². The van der Waals surface area contributed by atoms with E-state index in [-0.39, 0.29) is 0 Å². The van der Waals surface area contributed by atoms with Crippen LogP contribution in [0, 0.1) is 0 Å². The van der Waals surface area contributed by atoms with Crippen molar-refractivity contribution in [1.29, 1.82) is 0 Å². The van der Waals surface area contributed by atoms with Gasteiger partial charge in [0.15, 0.2) is 0 Å². The molecule has 0 spiro atoms. The van der Waals surface area contributed by atoms with Crippen LogP contribution in [-0.4, -0.2) is 7.11 Å². The van der Waals surface area contributed by atoms with E-state index in [1.165, 1.54) is 0 Å². The number of methoxy groups -OCH3 is 1. The Balaban J connectivity index is 2.94. The van der Waals surface area contributed by atoms with E-state index in [4.69, 9.17) is 16.3 Å². The minimum Gasteiger partial charge on any atom is -0.495 e. The molecule has 0 heterocycles. The summed E-state index contributed by atoms with van der Waals surface area (Å²) in [6.07, 6.45) is 1.56. The van der Waals surface area contributed by atoms with E-state index >= 15 is 0 Å². The summed E-state index contributed by atoms with van der Waals surface area (Å²) < 4.78 is 5.22. The standard InChI is InChI=1S/C12H15ClN2O/c1-4-14-12(9(2)13)15-10-7-5-6-8-11(10)16-3/h4-8,14-15H,1H2,2-3H3/b12-9+. The van der Waals surface area contributed by atoms with Crippen molar-refractivity contribution >= 4 is 17.3 Å². The van der Waals surface area contributed by atoms with Gasteiger partial charge in [0, 0.05) is 0 Å². The highest BCUT2D eigenvalue weighted by molar-refractivity contribution is 6.29. The summed E-state index contributed by atoms with van der Waals surface area (Å²) in [5.74, 6) is 1.44. The molecular weight excluding hydrogens is 224 g/mol. The zero-order chi connectivity index (χ0) is 12.0. The largest absolute Gasteiger partial charge is 0.495 e. The van der Waals surface area contributed by atoms with E-state index in [1.54, 1.807) is 20.2 Å². The third kappa shape index (κ3) is 3.21. The van der Waals surface area contributed by atoms with E-state index in [0.29, 0.717) is 10.9 Å². The maximum atomic E-state index is 5.93. The second-order valence-corrected chi connectivity index (χ2v) is 3.65. The van der Waals surface area contributed by atoms with Crippen LogP contribution in [0.3, 0.4) is 0 Å². The van der Waals surface area contributed by atoms with Gasteiger partial charge in [0.25, 0.3) is 0 Å². The lowest BCUT2D eigenvalue weighted by atomic mass is 10.3. The molecule has 16 heavy (non-hydrogen) atoms. The number of benzene rings is 1. The molecule has 4 heteroatoms. The summed E-state index contributed by atoms with van der Waals surface area (Å²) >= 11 is 5.93. The molecule has 0 saturated heterocycles. The number of allylic oxidation sites excluding steroid dienone is 1. The van der Waals surface area contributed by atoms with Gasteiger partial charge in [-0.1, -0.05) is 30.3 Å². The van der Waals surface area contributed by atoms with Crippen LogP contribution in [0.4, 0.5) is 5.69 Å². The average molecular weight is 239 g/mol. The second kappa shape index (κ2) is 6.08. The Morgan fingerprint density at radius 2 is 2.12 bits per heavy atom. The van der Waals surface area contributed by atoms with Gasteiger partial charge in [0.05, 0.1) is 17.8 Å². The Hall–Kier alpha value is -1.61. The molecule has 0 fully saturated rings. The van der Waals surface area contributed by atoms with Crippen molar-refractivity contribution in [3.05, 3.63) is 47.9 Å². The molecule has 0 aliphatic heterocycles. The number of hydrogen-bond donors (Lipinski definition) is 2. The molecule has 0 amide bonds. The Kier molecular flexibility index (Phi) is 4.73. The minimum atomic E-state index is 0.616. The van der Waals surface area contributed by atoms with Crippen LogP contribution < -0.4 is 15.4 Å².